The molecule has 5 nitrogen and oxygen atoms in total. The minimum absolute atomic E-state index is 0.0382. The second-order valence-electron chi connectivity index (χ2n) is 6.90. The van der Waals surface area contributed by atoms with Gasteiger partial charge in [0.1, 0.15) is 4.83 Å². The van der Waals surface area contributed by atoms with Crippen LogP contribution < -0.4 is 5.56 Å². The number of thiophene rings is 2. The third-order valence-electron chi connectivity index (χ3n) is 4.96. The van der Waals surface area contributed by atoms with Gasteiger partial charge >= 0.3 is 0 Å². The lowest BCUT2D eigenvalue weighted by Gasteiger charge is -2.10. The highest BCUT2D eigenvalue weighted by atomic mass is 32.2. The van der Waals surface area contributed by atoms with Crippen molar-refractivity contribution < 1.29 is 4.79 Å². The number of thioether (sulfide) groups is 1. The molecule has 0 atom stereocenters. The Bertz CT molecular complexity index is 1280. The average Bonchev–Trinajstić information content (AvgIpc) is 3.46. The van der Waals surface area contributed by atoms with Crippen molar-refractivity contribution in [1.82, 2.24) is 14.1 Å². The van der Waals surface area contributed by atoms with E-state index in [0.717, 1.165) is 23.5 Å². The van der Waals surface area contributed by atoms with E-state index in [9.17, 15) is 9.59 Å². The third kappa shape index (κ3) is 3.95. The molecule has 0 unspecified atom stereocenters. The standard InChI is InChI=1S/C22H21N3O2S3/c1-4-8-24-21(27)17-7-10-29-20(17)23-22(24)30-13-19(26)18-11-14(2)25(15(18)3)12-16-6-5-9-28-16/h4-7,9-11H,1,8,12-13H2,2-3H3. The molecule has 0 amide bonds. The quantitative estimate of drug-likeness (QED) is 0.160. The van der Waals surface area contributed by atoms with Crippen molar-refractivity contribution in [2.24, 2.45) is 0 Å². The summed E-state index contributed by atoms with van der Waals surface area (Å²) in [6.07, 6.45) is 1.67. The van der Waals surface area contributed by atoms with Crippen molar-refractivity contribution in [2.45, 2.75) is 32.1 Å². The van der Waals surface area contributed by atoms with Crippen LogP contribution in [0.25, 0.3) is 10.2 Å². The number of allylic oxidation sites excluding steroid dienone is 1. The number of rotatable bonds is 8. The molecule has 0 aliphatic carbocycles. The Morgan fingerprint density at radius 1 is 1.23 bits per heavy atom. The van der Waals surface area contributed by atoms with E-state index in [-0.39, 0.29) is 17.1 Å². The van der Waals surface area contributed by atoms with Crippen LogP contribution in [0.3, 0.4) is 0 Å². The Balaban J connectivity index is 1.58. The van der Waals surface area contributed by atoms with E-state index in [1.807, 2.05) is 31.4 Å². The molecule has 4 aromatic rings. The number of ketones is 1. The van der Waals surface area contributed by atoms with Gasteiger partial charge in [0.25, 0.3) is 5.56 Å². The maximum absolute atomic E-state index is 13.0. The average molecular weight is 456 g/mol. The van der Waals surface area contributed by atoms with Crippen LogP contribution in [0.15, 0.2) is 57.6 Å². The smallest absolute Gasteiger partial charge is 0.263 e. The largest absolute Gasteiger partial charge is 0.343 e. The lowest BCUT2D eigenvalue weighted by atomic mass is 10.2. The van der Waals surface area contributed by atoms with Crippen molar-refractivity contribution in [3.63, 3.8) is 0 Å². The van der Waals surface area contributed by atoms with Gasteiger partial charge in [-0.3, -0.25) is 14.2 Å². The van der Waals surface area contributed by atoms with Gasteiger partial charge in [-0.05, 0) is 42.8 Å². The molecule has 0 saturated heterocycles. The molecule has 4 aromatic heterocycles. The second kappa shape index (κ2) is 8.75. The zero-order chi connectivity index (χ0) is 21.3. The van der Waals surface area contributed by atoms with Gasteiger partial charge in [-0.1, -0.05) is 23.9 Å². The zero-order valence-corrected chi connectivity index (χ0v) is 19.2. The Labute approximate surface area is 186 Å². The molecule has 0 aromatic carbocycles. The summed E-state index contributed by atoms with van der Waals surface area (Å²) >= 11 is 4.45. The van der Waals surface area contributed by atoms with E-state index in [1.165, 1.54) is 28.0 Å². The fourth-order valence-corrected chi connectivity index (χ4v) is 5.81. The summed E-state index contributed by atoms with van der Waals surface area (Å²) in [5, 5.41) is 5.08. The Hall–Kier alpha value is -2.42. The molecule has 4 heterocycles. The number of fused-ring (bicyclic) bond motifs is 1. The van der Waals surface area contributed by atoms with Crippen LogP contribution in [-0.4, -0.2) is 25.7 Å². The van der Waals surface area contributed by atoms with Gasteiger partial charge in [0.05, 0.1) is 17.7 Å². The van der Waals surface area contributed by atoms with Crippen LogP contribution >= 0.6 is 34.4 Å². The van der Waals surface area contributed by atoms with E-state index in [0.29, 0.717) is 21.9 Å². The first kappa shape index (κ1) is 20.8. The molecule has 30 heavy (non-hydrogen) atoms. The van der Waals surface area contributed by atoms with E-state index in [1.54, 1.807) is 28.0 Å². The van der Waals surface area contributed by atoms with Crippen molar-refractivity contribution in [1.29, 1.82) is 0 Å². The molecule has 0 aliphatic heterocycles. The number of nitrogens with zero attached hydrogens (tertiary/aromatic N) is 3. The lowest BCUT2D eigenvalue weighted by molar-refractivity contribution is 0.102. The van der Waals surface area contributed by atoms with Crippen molar-refractivity contribution in [3.05, 3.63) is 79.9 Å². The third-order valence-corrected chi connectivity index (χ3v) is 7.60. The number of hydrogen-bond donors (Lipinski definition) is 0. The summed E-state index contributed by atoms with van der Waals surface area (Å²) in [4.78, 5) is 32.3. The Morgan fingerprint density at radius 2 is 2.07 bits per heavy atom. The molecular formula is C22H21N3O2S3. The fourth-order valence-electron chi connectivity index (χ4n) is 3.42. The number of carbonyl (C=O) groups excluding carboxylic acids is 1. The van der Waals surface area contributed by atoms with Crippen molar-refractivity contribution >= 4 is 50.4 Å². The topological polar surface area (TPSA) is 56.9 Å². The second-order valence-corrected chi connectivity index (χ2v) is 9.77. The van der Waals surface area contributed by atoms with Gasteiger partial charge in [-0.15, -0.1) is 29.3 Å². The summed E-state index contributed by atoms with van der Waals surface area (Å²) in [5.74, 6) is 0.264. The summed E-state index contributed by atoms with van der Waals surface area (Å²) in [5.41, 5.74) is 2.67. The monoisotopic (exact) mass is 455 g/mol. The summed E-state index contributed by atoms with van der Waals surface area (Å²) < 4.78 is 3.76. The fraction of sp³-hybridized carbons (Fsp3) is 0.227. The maximum Gasteiger partial charge on any atom is 0.263 e. The highest BCUT2D eigenvalue weighted by Crippen LogP contribution is 2.24. The normalized spacial score (nSPS) is 11.3. The van der Waals surface area contributed by atoms with Crippen LogP contribution in [0.5, 0.6) is 0 Å². The first-order valence-electron chi connectivity index (χ1n) is 9.43. The molecule has 0 saturated carbocycles. The first-order chi connectivity index (χ1) is 14.5. The van der Waals surface area contributed by atoms with Crippen LogP contribution in [-0.2, 0) is 13.1 Å². The molecule has 154 valence electrons. The highest BCUT2D eigenvalue weighted by molar-refractivity contribution is 7.99. The molecule has 0 N–H and O–H groups in total. The van der Waals surface area contributed by atoms with Crippen LogP contribution in [0.2, 0.25) is 0 Å². The number of hydrogen-bond acceptors (Lipinski definition) is 6. The summed E-state index contributed by atoms with van der Waals surface area (Å²) in [6, 6.07) is 7.89. The highest BCUT2D eigenvalue weighted by Gasteiger charge is 2.18. The molecule has 4 rings (SSSR count). The van der Waals surface area contributed by atoms with Crippen LogP contribution in [0.4, 0.5) is 0 Å². The Kier molecular flexibility index (Phi) is 6.08. The molecule has 0 radical (unpaired) electrons. The van der Waals surface area contributed by atoms with E-state index in [4.69, 9.17) is 0 Å². The number of carbonyl (C=O) groups is 1. The summed E-state index contributed by atoms with van der Waals surface area (Å²) in [7, 11) is 0. The van der Waals surface area contributed by atoms with Gasteiger partial charge in [0.15, 0.2) is 10.9 Å². The molecule has 0 bridgehead atoms. The number of aromatic nitrogens is 3. The van der Waals surface area contributed by atoms with Gasteiger partial charge in [-0.2, -0.15) is 0 Å². The minimum atomic E-state index is -0.0924. The molecule has 0 aliphatic rings. The van der Waals surface area contributed by atoms with Crippen LogP contribution in [0.1, 0.15) is 26.6 Å². The molecular weight excluding hydrogens is 434 g/mol. The van der Waals surface area contributed by atoms with Gasteiger partial charge in [0, 0.05) is 28.4 Å². The van der Waals surface area contributed by atoms with E-state index in [2.05, 4.69) is 27.6 Å². The Morgan fingerprint density at radius 3 is 2.80 bits per heavy atom. The van der Waals surface area contributed by atoms with Gasteiger partial charge in [-0.25, -0.2) is 4.98 Å². The van der Waals surface area contributed by atoms with Crippen LogP contribution in [0, 0.1) is 13.8 Å². The predicted octanol–water partition coefficient (Wildman–Crippen LogP) is 5.15. The van der Waals surface area contributed by atoms with Gasteiger partial charge < -0.3 is 4.57 Å². The zero-order valence-electron chi connectivity index (χ0n) is 16.8. The predicted molar refractivity (Wildman–Crippen MR) is 126 cm³/mol. The molecule has 8 heteroatoms. The maximum atomic E-state index is 13.0. The number of Topliss-reactive ketones (excluding diaryl/α,β-unsaturated/α-hetero) is 1. The summed E-state index contributed by atoms with van der Waals surface area (Å²) in [6.45, 7) is 8.89. The number of aryl methyl sites for hydroxylation is 1. The van der Waals surface area contributed by atoms with E-state index < -0.39 is 0 Å². The van der Waals surface area contributed by atoms with Crippen molar-refractivity contribution in [3.8, 4) is 0 Å². The van der Waals surface area contributed by atoms with E-state index >= 15 is 0 Å². The SMILES string of the molecule is C=CCn1c(SCC(=O)c2cc(C)n(Cc3cccs3)c2C)nc2sccc2c1=O. The van der Waals surface area contributed by atoms with Gasteiger partial charge in [0.2, 0.25) is 0 Å². The lowest BCUT2D eigenvalue weighted by Crippen LogP contribution is -2.22. The molecule has 0 spiro atoms. The van der Waals surface area contributed by atoms with Crippen molar-refractivity contribution in [2.75, 3.05) is 5.75 Å². The molecule has 0 fully saturated rings. The first-order valence-corrected chi connectivity index (χ1v) is 12.2. The minimum Gasteiger partial charge on any atom is -0.343 e.